The molecule has 1 aromatic carbocycles. The molecule has 41 heavy (non-hydrogen) atoms. The predicted octanol–water partition coefficient (Wildman–Crippen LogP) is 3.59. The van der Waals surface area contributed by atoms with Crippen LogP contribution >= 0.6 is 0 Å². The Balaban J connectivity index is 3.57. The molecular weight excluding hydrogens is 528 g/mol. The molecule has 2 unspecified atom stereocenters. The molecule has 0 bridgehead atoms. The van der Waals surface area contributed by atoms with Gasteiger partial charge in [0.15, 0.2) is 0 Å². The summed E-state index contributed by atoms with van der Waals surface area (Å²) >= 11 is 0. The lowest BCUT2D eigenvalue weighted by Gasteiger charge is -2.35. The molecule has 1 aromatic rings. The number of carbonyl (C=O) groups excluding carboxylic acids is 5. The molecule has 4 N–H and O–H groups in total. The van der Waals surface area contributed by atoms with Crippen LogP contribution in [0.15, 0.2) is 18.2 Å². The van der Waals surface area contributed by atoms with Crippen molar-refractivity contribution >= 4 is 29.8 Å². The van der Waals surface area contributed by atoms with Gasteiger partial charge in [0, 0.05) is 13.0 Å². The Morgan fingerprint density at radius 3 is 2.24 bits per heavy atom. The summed E-state index contributed by atoms with van der Waals surface area (Å²) in [5.74, 6) is -2.41. The van der Waals surface area contributed by atoms with Gasteiger partial charge in [-0.2, -0.15) is 0 Å². The number of benzene rings is 1. The number of esters is 1. The minimum Gasteiger partial charge on any atom is -0.468 e. The van der Waals surface area contributed by atoms with Gasteiger partial charge in [0.2, 0.25) is 17.7 Å². The highest BCUT2D eigenvalue weighted by molar-refractivity contribution is 5.93. The summed E-state index contributed by atoms with van der Waals surface area (Å²) in [6.45, 7) is 10.8. The van der Waals surface area contributed by atoms with E-state index in [0.29, 0.717) is 12.0 Å². The van der Waals surface area contributed by atoms with Gasteiger partial charge in [0.05, 0.1) is 7.11 Å². The summed E-state index contributed by atoms with van der Waals surface area (Å²) in [4.78, 5) is 65.5. The lowest BCUT2D eigenvalue weighted by Crippen LogP contribution is -2.53. The van der Waals surface area contributed by atoms with Crippen LogP contribution < -0.4 is 16.4 Å². The molecule has 0 heterocycles. The van der Waals surface area contributed by atoms with Crippen molar-refractivity contribution in [3.63, 3.8) is 0 Å². The Morgan fingerprint density at radius 2 is 1.68 bits per heavy atom. The molecule has 11 nitrogen and oxygen atoms in total. The maximum atomic E-state index is 14.2. The number of nitrogens with zero attached hydrogens (tertiary/aromatic N) is 1. The minimum absolute atomic E-state index is 0.0802. The van der Waals surface area contributed by atoms with Crippen molar-refractivity contribution in [2.45, 2.75) is 104 Å². The smallest absolute Gasteiger partial charge is 0.408 e. The monoisotopic (exact) mass is 576 g/mol. The molecule has 0 saturated heterocycles. The van der Waals surface area contributed by atoms with Crippen LogP contribution in [0.5, 0.6) is 0 Å². The van der Waals surface area contributed by atoms with E-state index in [1.165, 1.54) is 12.0 Å². The van der Waals surface area contributed by atoms with Crippen molar-refractivity contribution in [2.24, 2.45) is 5.73 Å². The SMILES string of the molecule is CCCCCCCN(C(=O)C(CCC(N)=O)NC(=O)OC(C)(C)C)C(C(=O)NCC(=O)OC)c1ccc(C)cc1C. The van der Waals surface area contributed by atoms with Crippen molar-refractivity contribution < 1.29 is 33.4 Å². The third kappa shape index (κ3) is 13.1. The molecule has 0 radical (unpaired) electrons. The number of hydrogen-bond donors (Lipinski definition) is 3. The fourth-order valence-electron chi connectivity index (χ4n) is 4.36. The Hall–Kier alpha value is -3.63. The number of rotatable bonds is 16. The van der Waals surface area contributed by atoms with E-state index in [0.717, 1.165) is 36.8 Å². The molecule has 230 valence electrons. The van der Waals surface area contributed by atoms with E-state index >= 15 is 0 Å². The van der Waals surface area contributed by atoms with Gasteiger partial charge in [-0.25, -0.2) is 4.79 Å². The van der Waals surface area contributed by atoms with E-state index in [2.05, 4.69) is 22.3 Å². The third-order valence-electron chi connectivity index (χ3n) is 6.37. The second-order valence-electron chi connectivity index (χ2n) is 11.2. The molecule has 4 amide bonds. The van der Waals surface area contributed by atoms with Gasteiger partial charge in [-0.05, 0) is 58.6 Å². The first-order valence-electron chi connectivity index (χ1n) is 14.2. The first kappa shape index (κ1) is 35.4. The maximum absolute atomic E-state index is 14.2. The second kappa shape index (κ2) is 17.2. The molecule has 0 aliphatic rings. The largest absolute Gasteiger partial charge is 0.468 e. The van der Waals surface area contributed by atoms with Crippen molar-refractivity contribution in [3.8, 4) is 0 Å². The van der Waals surface area contributed by atoms with Crippen molar-refractivity contribution in [2.75, 3.05) is 20.2 Å². The molecule has 0 aromatic heterocycles. The first-order valence-corrected chi connectivity index (χ1v) is 14.2. The summed E-state index contributed by atoms with van der Waals surface area (Å²) in [7, 11) is 1.22. The number of alkyl carbamates (subject to hydrolysis) is 1. The zero-order chi connectivity index (χ0) is 31.2. The lowest BCUT2D eigenvalue weighted by atomic mass is 9.95. The van der Waals surface area contributed by atoms with Crippen LogP contribution in [0, 0.1) is 13.8 Å². The van der Waals surface area contributed by atoms with Gasteiger partial charge in [0.1, 0.15) is 24.2 Å². The van der Waals surface area contributed by atoms with E-state index in [1.807, 2.05) is 26.0 Å². The molecule has 2 atom stereocenters. The van der Waals surface area contributed by atoms with Crippen LogP contribution in [0.4, 0.5) is 4.79 Å². The van der Waals surface area contributed by atoms with Gasteiger partial charge in [-0.1, -0.05) is 56.4 Å². The van der Waals surface area contributed by atoms with Gasteiger partial charge in [-0.15, -0.1) is 0 Å². The fraction of sp³-hybridized carbons (Fsp3) is 0.633. The molecule has 0 fully saturated rings. The van der Waals surface area contributed by atoms with Crippen molar-refractivity contribution in [1.82, 2.24) is 15.5 Å². The normalized spacial score (nSPS) is 12.6. The maximum Gasteiger partial charge on any atom is 0.408 e. The van der Waals surface area contributed by atoms with Crippen LogP contribution in [-0.4, -0.2) is 66.5 Å². The molecule has 0 saturated carbocycles. The number of nitrogens with two attached hydrogens (primary N) is 1. The molecule has 1 rings (SSSR count). The van der Waals surface area contributed by atoms with Gasteiger partial charge in [0.25, 0.3) is 0 Å². The van der Waals surface area contributed by atoms with Gasteiger partial charge < -0.3 is 30.7 Å². The van der Waals surface area contributed by atoms with Crippen LogP contribution in [0.25, 0.3) is 0 Å². The lowest BCUT2D eigenvalue weighted by molar-refractivity contribution is -0.145. The van der Waals surface area contributed by atoms with E-state index in [-0.39, 0.29) is 25.9 Å². The second-order valence-corrected chi connectivity index (χ2v) is 11.2. The first-order chi connectivity index (χ1) is 19.2. The van der Waals surface area contributed by atoms with E-state index < -0.39 is 47.5 Å². The average Bonchev–Trinajstić information content (AvgIpc) is 2.88. The van der Waals surface area contributed by atoms with Crippen molar-refractivity contribution in [1.29, 1.82) is 0 Å². The van der Waals surface area contributed by atoms with Crippen molar-refractivity contribution in [3.05, 3.63) is 34.9 Å². The van der Waals surface area contributed by atoms with Crippen LogP contribution in [0.1, 0.15) is 95.4 Å². The summed E-state index contributed by atoms with van der Waals surface area (Å²) in [6, 6.07) is 3.23. The van der Waals surface area contributed by atoms with Gasteiger partial charge >= 0.3 is 12.1 Å². The molecule has 0 aliphatic carbocycles. The van der Waals surface area contributed by atoms with E-state index in [9.17, 15) is 24.0 Å². The molecule has 0 spiro atoms. The fourth-order valence-corrected chi connectivity index (χ4v) is 4.36. The minimum atomic E-state index is -1.19. The van der Waals surface area contributed by atoms with Gasteiger partial charge in [-0.3, -0.25) is 19.2 Å². The highest BCUT2D eigenvalue weighted by Gasteiger charge is 2.37. The summed E-state index contributed by atoms with van der Waals surface area (Å²) in [6.07, 6.45) is 3.39. The topological polar surface area (TPSA) is 157 Å². The Kier molecular flexibility index (Phi) is 14.9. The van der Waals surface area contributed by atoms with Crippen LogP contribution in [0.3, 0.4) is 0 Å². The number of unbranched alkanes of at least 4 members (excludes halogenated alkanes) is 4. The number of methoxy groups -OCH3 is 1. The Labute approximate surface area is 243 Å². The Morgan fingerprint density at radius 1 is 1.02 bits per heavy atom. The molecule has 11 heteroatoms. The standard InChI is InChI=1S/C30H48N4O7/c1-8-9-10-11-12-17-34(28(38)23(15-16-24(31)35)33-29(39)41-30(4,5)6)26(27(37)32-19-25(36)40-7)22-14-13-20(2)18-21(22)3/h13-14,18,23,26H,8-12,15-17,19H2,1-7H3,(H2,31,35)(H,32,37)(H,33,39). The van der Waals surface area contributed by atoms with E-state index in [1.54, 1.807) is 26.8 Å². The number of carbonyl (C=O) groups is 5. The quantitative estimate of drug-likeness (QED) is 0.200. The van der Waals surface area contributed by atoms with Crippen LogP contribution in [0.2, 0.25) is 0 Å². The number of nitrogens with one attached hydrogen (secondary N) is 2. The predicted molar refractivity (Wildman–Crippen MR) is 156 cm³/mol. The zero-order valence-corrected chi connectivity index (χ0v) is 25.6. The van der Waals surface area contributed by atoms with Crippen LogP contribution in [-0.2, 0) is 28.7 Å². The highest BCUT2D eigenvalue weighted by atomic mass is 16.6. The summed E-state index contributed by atoms with van der Waals surface area (Å²) in [5.41, 5.74) is 6.88. The zero-order valence-electron chi connectivity index (χ0n) is 25.6. The summed E-state index contributed by atoms with van der Waals surface area (Å²) in [5, 5.41) is 5.17. The molecular formula is C30H48N4O7. The number of amides is 4. The number of ether oxygens (including phenoxy) is 2. The summed E-state index contributed by atoms with van der Waals surface area (Å²) < 4.78 is 10.0. The average molecular weight is 577 g/mol. The Bertz CT molecular complexity index is 1050. The molecule has 0 aliphatic heterocycles. The highest BCUT2D eigenvalue weighted by Crippen LogP contribution is 2.27. The number of aryl methyl sites for hydroxylation is 2. The number of hydrogen-bond acceptors (Lipinski definition) is 7. The number of primary amides is 1. The van der Waals surface area contributed by atoms with E-state index in [4.69, 9.17) is 10.5 Å². The third-order valence-corrected chi connectivity index (χ3v) is 6.37.